The standard InChI is InChI=1S/C12H18Cl2N2O3/c1-3-19-10(18)16-6-4-15(5-7-16)9(17)11(2)8-12(11,13)14/h3-8H2,1-2H3. The Kier molecular flexibility index (Phi) is 3.89. The Bertz CT molecular complexity index is 394. The number of nitrogens with zero attached hydrogens (tertiary/aromatic N) is 2. The van der Waals surface area contributed by atoms with Crippen LogP contribution in [0.1, 0.15) is 20.3 Å². The van der Waals surface area contributed by atoms with E-state index >= 15 is 0 Å². The molecule has 2 amide bonds. The van der Waals surface area contributed by atoms with E-state index in [-0.39, 0.29) is 12.0 Å². The summed E-state index contributed by atoms with van der Waals surface area (Å²) in [7, 11) is 0. The van der Waals surface area contributed by atoms with Crippen LogP contribution in [-0.2, 0) is 9.53 Å². The van der Waals surface area contributed by atoms with Gasteiger partial charge in [-0.05, 0) is 20.3 Å². The molecular formula is C12H18Cl2N2O3. The topological polar surface area (TPSA) is 49.9 Å². The second kappa shape index (κ2) is 5.02. The summed E-state index contributed by atoms with van der Waals surface area (Å²) in [6.07, 6.45) is 0.163. The quantitative estimate of drug-likeness (QED) is 0.732. The third-order valence-electron chi connectivity index (χ3n) is 3.82. The fourth-order valence-corrected chi connectivity index (χ4v) is 2.98. The van der Waals surface area contributed by atoms with Crippen LogP contribution >= 0.6 is 23.2 Å². The smallest absolute Gasteiger partial charge is 0.409 e. The number of halogens is 2. The lowest BCUT2D eigenvalue weighted by molar-refractivity contribution is -0.138. The molecule has 0 spiro atoms. The number of carbonyl (C=O) groups excluding carboxylic acids is 2. The maximum atomic E-state index is 12.3. The van der Waals surface area contributed by atoms with Crippen molar-refractivity contribution in [2.75, 3.05) is 32.8 Å². The van der Waals surface area contributed by atoms with Gasteiger partial charge in [0.1, 0.15) is 4.33 Å². The number of hydrogen-bond donors (Lipinski definition) is 0. The minimum atomic E-state index is -0.942. The van der Waals surface area contributed by atoms with Crippen LogP contribution in [0.2, 0.25) is 0 Å². The Morgan fingerprint density at radius 1 is 1.16 bits per heavy atom. The zero-order chi connectivity index (χ0) is 14.3. The van der Waals surface area contributed by atoms with Gasteiger partial charge in [0, 0.05) is 26.2 Å². The summed E-state index contributed by atoms with van der Waals surface area (Å²) >= 11 is 12.0. The number of rotatable bonds is 2. The van der Waals surface area contributed by atoms with E-state index in [4.69, 9.17) is 27.9 Å². The number of alkyl halides is 2. The zero-order valence-electron chi connectivity index (χ0n) is 11.1. The number of carbonyl (C=O) groups is 2. The van der Waals surface area contributed by atoms with Crippen molar-refractivity contribution in [3.05, 3.63) is 0 Å². The summed E-state index contributed by atoms with van der Waals surface area (Å²) in [5.74, 6) is -0.0268. The molecule has 2 aliphatic rings. The average Bonchev–Trinajstić information content (AvgIpc) is 2.89. The van der Waals surface area contributed by atoms with E-state index in [9.17, 15) is 9.59 Å². The molecule has 19 heavy (non-hydrogen) atoms. The molecule has 1 aliphatic heterocycles. The molecule has 2 rings (SSSR count). The maximum Gasteiger partial charge on any atom is 0.409 e. The van der Waals surface area contributed by atoms with Crippen molar-refractivity contribution >= 4 is 35.2 Å². The van der Waals surface area contributed by atoms with E-state index in [1.54, 1.807) is 23.6 Å². The first-order valence-corrected chi connectivity index (χ1v) is 7.16. The second-order valence-electron chi connectivity index (χ2n) is 5.19. The molecule has 1 unspecified atom stereocenters. The Labute approximate surface area is 122 Å². The molecule has 1 heterocycles. The zero-order valence-corrected chi connectivity index (χ0v) is 12.6. The summed E-state index contributed by atoms with van der Waals surface area (Å²) in [6, 6.07) is 0. The van der Waals surface area contributed by atoms with Crippen molar-refractivity contribution in [2.45, 2.75) is 24.6 Å². The molecule has 2 fully saturated rings. The number of amides is 2. The average molecular weight is 309 g/mol. The van der Waals surface area contributed by atoms with Gasteiger partial charge in [-0.3, -0.25) is 4.79 Å². The second-order valence-corrected chi connectivity index (χ2v) is 6.68. The van der Waals surface area contributed by atoms with E-state index in [1.807, 2.05) is 0 Å². The molecule has 108 valence electrons. The van der Waals surface area contributed by atoms with Gasteiger partial charge in [-0.25, -0.2) is 4.79 Å². The summed E-state index contributed by atoms with van der Waals surface area (Å²) in [5, 5.41) is 0. The molecule has 0 aromatic carbocycles. The highest BCUT2D eigenvalue weighted by atomic mass is 35.5. The summed E-state index contributed by atoms with van der Waals surface area (Å²) < 4.78 is 3.99. The van der Waals surface area contributed by atoms with Gasteiger partial charge in [0.2, 0.25) is 5.91 Å². The maximum absolute atomic E-state index is 12.3. The number of piperazine rings is 1. The first-order chi connectivity index (χ1) is 8.82. The van der Waals surface area contributed by atoms with Crippen LogP contribution in [0, 0.1) is 5.41 Å². The van der Waals surface area contributed by atoms with Crippen molar-refractivity contribution in [1.82, 2.24) is 9.80 Å². The Morgan fingerprint density at radius 2 is 1.63 bits per heavy atom. The predicted molar refractivity (Wildman–Crippen MR) is 72.3 cm³/mol. The van der Waals surface area contributed by atoms with Crippen molar-refractivity contribution in [1.29, 1.82) is 0 Å². The minimum absolute atomic E-state index is 0.0268. The molecule has 1 saturated heterocycles. The highest BCUT2D eigenvalue weighted by Crippen LogP contribution is 2.64. The van der Waals surface area contributed by atoms with E-state index in [0.717, 1.165) is 0 Å². The van der Waals surface area contributed by atoms with Crippen LogP contribution < -0.4 is 0 Å². The van der Waals surface area contributed by atoms with Gasteiger partial charge in [0.15, 0.2) is 0 Å². The van der Waals surface area contributed by atoms with Gasteiger partial charge in [-0.1, -0.05) is 0 Å². The first kappa shape index (κ1) is 14.7. The normalized spacial score (nSPS) is 29.1. The Hall–Kier alpha value is -0.680. The highest BCUT2D eigenvalue weighted by Gasteiger charge is 2.68. The molecule has 1 saturated carbocycles. The van der Waals surface area contributed by atoms with Gasteiger partial charge < -0.3 is 14.5 Å². The van der Waals surface area contributed by atoms with Crippen molar-refractivity contribution in [2.24, 2.45) is 5.41 Å². The van der Waals surface area contributed by atoms with Crippen LogP contribution in [0.5, 0.6) is 0 Å². The Morgan fingerprint density at radius 3 is 2.05 bits per heavy atom. The van der Waals surface area contributed by atoms with Crippen LogP contribution in [0.25, 0.3) is 0 Å². The van der Waals surface area contributed by atoms with Gasteiger partial charge in [0.05, 0.1) is 12.0 Å². The van der Waals surface area contributed by atoms with Gasteiger partial charge in [-0.15, -0.1) is 23.2 Å². The lowest BCUT2D eigenvalue weighted by atomic mass is 10.1. The molecule has 0 N–H and O–H groups in total. The van der Waals surface area contributed by atoms with E-state index in [2.05, 4.69) is 0 Å². The Balaban J connectivity index is 1.87. The van der Waals surface area contributed by atoms with Crippen LogP contribution in [0.3, 0.4) is 0 Å². The molecule has 0 radical (unpaired) electrons. The SMILES string of the molecule is CCOC(=O)N1CCN(C(=O)C2(C)CC2(Cl)Cl)CC1. The summed E-state index contributed by atoms with van der Waals surface area (Å²) in [4.78, 5) is 27.2. The molecule has 5 nitrogen and oxygen atoms in total. The van der Waals surface area contributed by atoms with Crippen LogP contribution in [0.4, 0.5) is 4.79 Å². The fraction of sp³-hybridized carbons (Fsp3) is 0.833. The van der Waals surface area contributed by atoms with Crippen molar-refractivity contribution < 1.29 is 14.3 Å². The van der Waals surface area contributed by atoms with Crippen LogP contribution in [0.15, 0.2) is 0 Å². The molecule has 0 aromatic rings. The molecule has 0 aromatic heterocycles. The number of hydrogen-bond acceptors (Lipinski definition) is 3. The summed E-state index contributed by atoms with van der Waals surface area (Å²) in [5.41, 5.74) is -0.678. The van der Waals surface area contributed by atoms with E-state index in [0.29, 0.717) is 39.2 Å². The third kappa shape index (κ3) is 2.63. The lowest BCUT2D eigenvalue weighted by Crippen LogP contribution is -2.52. The minimum Gasteiger partial charge on any atom is -0.450 e. The van der Waals surface area contributed by atoms with Crippen molar-refractivity contribution in [3.8, 4) is 0 Å². The van der Waals surface area contributed by atoms with E-state index in [1.165, 1.54) is 0 Å². The first-order valence-electron chi connectivity index (χ1n) is 6.41. The van der Waals surface area contributed by atoms with E-state index < -0.39 is 9.75 Å². The summed E-state index contributed by atoms with van der Waals surface area (Å²) in [6.45, 7) is 5.88. The highest BCUT2D eigenvalue weighted by molar-refractivity contribution is 6.53. The lowest BCUT2D eigenvalue weighted by Gasteiger charge is -2.35. The van der Waals surface area contributed by atoms with Gasteiger partial charge in [0.25, 0.3) is 0 Å². The predicted octanol–water partition coefficient (Wildman–Crippen LogP) is 1.87. The molecule has 1 aliphatic carbocycles. The van der Waals surface area contributed by atoms with Gasteiger partial charge >= 0.3 is 6.09 Å². The van der Waals surface area contributed by atoms with Crippen molar-refractivity contribution in [3.63, 3.8) is 0 Å². The number of ether oxygens (including phenoxy) is 1. The third-order valence-corrected chi connectivity index (χ3v) is 4.92. The fourth-order valence-electron chi connectivity index (χ4n) is 2.29. The molecular weight excluding hydrogens is 291 g/mol. The molecule has 0 bridgehead atoms. The van der Waals surface area contributed by atoms with Crippen LogP contribution in [-0.4, -0.2) is 58.9 Å². The molecule has 7 heteroatoms. The monoisotopic (exact) mass is 308 g/mol. The largest absolute Gasteiger partial charge is 0.450 e. The molecule has 1 atom stereocenters. The van der Waals surface area contributed by atoms with Gasteiger partial charge in [-0.2, -0.15) is 0 Å².